The Bertz CT molecular complexity index is 1330. The van der Waals surface area contributed by atoms with E-state index >= 15 is 0 Å². The van der Waals surface area contributed by atoms with Gasteiger partial charge < -0.3 is 10.1 Å². The number of nitrogens with zero attached hydrogens (tertiary/aromatic N) is 2. The van der Waals surface area contributed by atoms with E-state index in [9.17, 15) is 9.59 Å². The van der Waals surface area contributed by atoms with Gasteiger partial charge in [0.25, 0.3) is 5.91 Å². The third kappa shape index (κ3) is 7.71. The Balaban J connectivity index is 1.46. The lowest BCUT2D eigenvalue weighted by atomic mass is 10.0. The minimum absolute atomic E-state index is 0.327. The van der Waals surface area contributed by atoms with E-state index < -0.39 is 6.04 Å². The normalized spacial score (nSPS) is 11.5. The second kappa shape index (κ2) is 13.1. The topological polar surface area (TPSA) is 93.2 Å². The van der Waals surface area contributed by atoms with Crippen LogP contribution < -0.4 is 15.4 Å². The van der Waals surface area contributed by atoms with Gasteiger partial charge in [0.15, 0.2) is 0 Å². The second-order valence-corrected chi connectivity index (χ2v) is 10.2. The molecule has 190 valence electrons. The number of hydrogen-bond acceptors (Lipinski definition) is 6. The minimum atomic E-state index is -0.811. The van der Waals surface area contributed by atoms with E-state index in [2.05, 4.69) is 43.7 Å². The van der Waals surface area contributed by atoms with Crippen molar-refractivity contribution in [1.82, 2.24) is 15.5 Å². The molecule has 3 aromatic carbocycles. The average Bonchev–Trinajstić information content (AvgIpc) is 3.38. The molecule has 4 rings (SSSR count). The zero-order valence-corrected chi connectivity index (χ0v) is 22.7. The highest BCUT2D eigenvalue weighted by atomic mass is 79.9. The van der Waals surface area contributed by atoms with Crippen molar-refractivity contribution in [2.45, 2.75) is 32.2 Å². The molecule has 0 fully saturated rings. The summed E-state index contributed by atoms with van der Waals surface area (Å²) in [6.45, 7) is 2.74. The number of amides is 2. The van der Waals surface area contributed by atoms with Crippen LogP contribution in [0.15, 0.2) is 83.3 Å². The van der Waals surface area contributed by atoms with Gasteiger partial charge in [-0.2, -0.15) is 0 Å². The SMILES string of the molecule is CCCCOc1ccc(C(=O)NC(Cc2ccccc2)C(=O)Nc2nnc(-c3cccc(Br)c3)s2)cc1. The lowest BCUT2D eigenvalue weighted by molar-refractivity contribution is -0.118. The van der Waals surface area contributed by atoms with Crippen molar-refractivity contribution in [3.8, 4) is 16.3 Å². The smallest absolute Gasteiger partial charge is 0.251 e. The third-order valence-electron chi connectivity index (χ3n) is 5.51. The Morgan fingerprint density at radius 1 is 1.00 bits per heavy atom. The number of benzene rings is 3. The molecule has 7 nitrogen and oxygen atoms in total. The van der Waals surface area contributed by atoms with Gasteiger partial charge in [0.2, 0.25) is 11.0 Å². The van der Waals surface area contributed by atoms with Crippen molar-refractivity contribution in [1.29, 1.82) is 0 Å². The molecule has 2 amide bonds. The second-order valence-electron chi connectivity index (χ2n) is 8.35. The number of nitrogens with one attached hydrogen (secondary N) is 2. The van der Waals surface area contributed by atoms with Crippen LogP contribution in [0.4, 0.5) is 5.13 Å². The summed E-state index contributed by atoms with van der Waals surface area (Å²) >= 11 is 4.73. The summed E-state index contributed by atoms with van der Waals surface area (Å²) in [5, 5.41) is 15.1. The first kappa shape index (κ1) is 26.5. The van der Waals surface area contributed by atoms with E-state index in [4.69, 9.17) is 4.74 Å². The van der Waals surface area contributed by atoms with Gasteiger partial charge >= 0.3 is 0 Å². The van der Waals surface area contributed by atoms with Crippen LogP contribution in [0.1, 0.15) is 35.7 Å². The first-order valence-corrected chi connectivity index (χ1v) is 13.6. The van der Waals surface area contributed by atoms with Crippen molar-refractivity contribution in [3.63, 3.8) is 0 Å². The van der Waals surface area contributed by atoms with Crippen molar-refractivity contribution < 1.29 is 14.3 Å². The van der Waals surface area contributed by atoms with Crippen LogP contribution >= 0.6 is 27.3 Å². The van der Waals surface area contributed by atoms with Crippen LogP contribution in [-0.4, -0.2) is 34.7 Å². The fourth-order valence-corrected chi connectivity index (χ4v) is 4.68. The summed E-state index contributed by atoms with van der Waals surface area (Å²) in [4.78, 5) is 26.3. The van der Waals surface area contributed by atoms with Gasteiger partial charge in [-0.05, 0) is 48.4 Å². The third-order valence-corrected chi connectivity index (χ3v) is 6.90. The van der Waals surface area contributed by atoms with E-state index in [1.165, 1.54) is 11.3 Å². The molecular weight excluding hydrogens is 552 g/mol. The summed E-state index contributed by atoms with van der Waals surface area (Å²) in [5.74, 6) is -0.00181. The number of ether oxygens (including phenoxy) is 1. The predicted octanol–water partition coefficient (Wildman–Crippen LogP) is 6.13. The molecule has 1 unspecified atom stereocenters. The molecule has 0 saturated carbocycles. The van der Waals surface area contributed by atoms with Crippen molar-refractivity contribution in [2.75, 3.05) is 11.9 Å². The van der Waals surface area contributed by atoms with Gasteiger partial charge in [0.05, 0.1) is 6.61 Å². The number of anilines is 1. The number of rotatable bonds is 11. The fraction of sp³-hybridized carbons (Fsp3) is 0.214. The largest absolute Gasteiger partial charge is 0.494 e. The first-order chi connectivity index (χ1) is 18.0. The van der Waals surface area contributed by atoms with Gasteiger partial charge in [-0.15, -0.1) is 10.2 Å². The molecule has 0 bridgehead atoms. The van der Waals surface area contributed by atoms with E-state index in [1.54, 1.807) is 24.3 Å². The zero-order chi connectivity index (χ0) is 26.0. The van der Waals surface area contributed by atoms with Crippen molar-refractivity contribution in [3.05, 3.63) is 94.5 Å². The number of halogens is 1. The van der Waals surface area contributed by atoms with Gasteiger partial charge in [-0.1, -0.05) is 83.1 Å². The number of unbranched alkanes of at least 4 members (excludes halogenated alkanes) is 1. The Morgan fingerprint density at radius 3 is 2.51 bits per heavy atom. The van der Waals surface area contributed by atoms with E-state index in [-0.39, 0.29) is 11.8 Å². The number of carbonyl (C=O) groups is 2. The van der Waals surface area contributed by atoms with Crippen LogP contribution in [0.25, 0.3) is 10.6 Å². The maximum Gasteiger partial charge on any atom is 0.251 e. The monoisotopic (exact) mass is 578 g/mol. The summed E-state index contributed by atoms with van der Waals surface area (Å²) in [6, 6.07) is 23.4. The maximum atomic E-state index is 13.3. The lowest BCUT2D eigenvalue weighted by Crippen LogP contribution is -2.45. The fourth-order valence-electron chi connectivity index (χ4n) is 3.54. The molecule has 2 N–H and O–H groups in total. The molecule has 0 aliphatic carbocycles. The number of aromatic nitrogens is 2. The Labute approximate surface area is 228 Å². The van der Waals surface area contributed by atoms with Crippen LogP contribution in [-0.2, 0) is 11.2 Å². The van der Waals surface area contributed by atoms with Crippen LogP contribution in [0.2, 0.25) is 0 Å². The molecule has 1 atom stereocenters. The van der Waals surface area contributed by atoms with E-state index in [1.807, 2.05) is 54.6 Å². The average molecular weight is 580 g/mol. The molecule has 0 aliphatic rings. The number of hydrogen-bond donors (Lipinski definition) is 2. The molecule has 4 aromatic rings. The molecule has 0 radical (unpaired) electrons. The summed E-state index contributed by atoms with van der Waals surface area (Å²) < 4.78 is 6.60. The molecular formula is C28H27BrN4O3S. The summed E-state index contributed by atoms with van der Waals surface area (Å²) in [7, 11) is 0. The van der Waals surface area contributed by atoms with Crippen LogP contribution in [0.3, 0.4) is 0 Å². The van der Waals surface area contributed by atoms with Gasteiger partial charge in [0.1, 0.15) is 16.8 Å². The standard InChI is InChI=1S/C28H27BrN4O3S/c1-2-3-16-36-23-14-12-20(13-15-23)25(34)30-24(17-19-8-5-4-6-9-19)26(35)31-28-33-32-27(37-28)21-10-7-11-22(29)18-21/h4-15,18,24H,2-3,16-17H2,1H3,(H,30,34)(H,31,33,35). The summed E-state index contributed by atoms with van der Waals surface area (Å²) in [5.41, 5.74) is 2.26. The van der Waals surface area contributed by atoms with Crippen LogP contribution in [0.5, 0.6) is 5.75 Å². The van der Waals surface area contributed by atoms with Crippen molar-refractivity contribution in [2.24, 2.45) is 0 Å². The Kier molecular flexibility index (Phi) is 9.40. The van der Waals surface area contributed by atoms with Crippen molar-refractivity contribution >= 4 is 44.2 Å². The molecule has 0 aliphatic heterocycles. The molecule has 0 saturated heterocycles. The Morgan fingerprint density at radius 2 is 1.78 bits per heavy atom. The molecule has 9 heteroatoms. The Hall–Kier alpha value is -3.56. The van der Waals surface area contributed by atoms with Crippen LogP contribution in [0, 0.1) is 0 Å². The quantitative estimate of drug-likeness (QED) is 0.209. The molecule has 1 heterocycles. The van der Waals surface area contributed by atoms with Gasteiger partial charge in [-0.25, -0.2) is 0 Å². The van der Waals surface area contributed by atoms with Gasteiger partial charge in [-0.3, -0.25) is 14.9 Å². The van der Waals surface area contributed by atoms with E-state index in [0.29, 0.717) is 34.5 Å². The predicted molar refractivity (Wildman–Crippen MR) is 150 cm³/mol. The first-order valence-electron chi connectivity index (χ1n) is 12.0. The van der Waals surface area contributed by atoms with Gasteiger partial charge in [0, 0.05) is 22.0 Å². The van der Waals surface area contributed by atoms with E-state index in [0.717, 1.165) is 28.4 Å². The molecule has 0 spiro atoms. The zero-order valence-electron chi connectivity index (χ0n) is 20.3. The minimum Gasteiger partial charge on any atom is -0.494 e. The lowest BCUT2D eigenvalue weighted by Gasteiger charge is -2.18. The summed E-state index contributed by atoms with van der Waals surface area (Å²) in [6.07, 6.45) is 2.35. The highest BCUT2D eigenvalue weighted by Gasteiger charge is 2.23. The highest BCUT2D eigenvalue weighted by Crippen LogP contribution is 2.28. The highest BCUT2D eigenvalue weighted by molar-refractivity contribution is 9.10. The molecule has 1 aromatic heterocycles. The number of carbonyl (C=O) groups excluding carboxylic acids is 2. The molecule has 37 heavy (non-hydrogen) atoms. The maximum absolute atomic E-state index is 13.3.